The Balaban J connectivity index is -0.0000000145. The minimum Gasteiger partial charge on any atom is -0.397 e. The maximum Gasteiger partial charge on any atom is 0.0402 e. The number of aliphatic hydroxyl groups excluding tert-OH is 4. The molecule has 4 N–H and O–H groups in total. The summed E-state index contributed by atoms with van der Waals surface area (Å²) < 4.78 is 0. The van der Waals surface area contributed by atoms with Gasteiger partial charge in [-0.1, -0.05) is 0 Å². The van der Waals surface area contributed by atoms with Crippen LogP contribution in [0, 0.1) is 0 Å². The molecule has 0 atom stereocenters. The molecule has 0 spiro atoms. The first-order valence-electron chi connectivity index (χ1n) is 4.09. The Labute approximate surface area is 125 Å². The molecule has 0 saturated heterocycles. The number of hydrogen-bond donors (Lipinski definition) is 4. The van der Waals surface area contributed by atoms with Crippen molar-refractivity contribution >= 4 is 29.6 Å². The van der Waals surface area contributed by atoms with Crippen LogP contribution in [0.5, 0.6) is 0 Å². The molecule has 85 valence electrons. The van der Waals surface area contributed by atoms with Crippen LogP contribution < -0.4 is 0 Å². The molecule has 14 heavy (non-hydrogen) atoms. The van der Waals surface area contributed by atoms with Gasteiger partial charge >= 0.3 is 0 Å². The second-order valence-electron chi connectivity index (χ2n) is 1.26. The Kier molecular flexibility index (Phi) is 223. The molecule has 0 unspecified atom stereocenters. The average Bonchev–Trinajstić information content (AvgIpc) is 1.92. The van der Waals surface area contributed by atoms with Gasteiger partial charge in [0.2, 0.25) is 0 Å². The molecule has 0 bridgehead atoms. The predicted octanol–water partition coefficient (Wildman–Crippen LogP) is -0.389. The van der Waals surface area contributed by atoms with Gasteiger partial charge in [0.25, 0.3) is 0 Å². The summed E-state index contributed by atoms with van der Waals surface area (Å²) in [4.78, 5) is 0. The van der Waals surface area contributed by atoms with E-state index in [0.29, 0.717) is 0 Å². The van der Waals surface area contributed by atoms with Crippen molar-refractivity contribution < 1.29 is 42.1 Å². The summed E-state index contributed by atoms with van der Waals surface area (Å²) in [6.45, 7) is 7.72. The van der Waals surface area contributed by atoms with Crippen molar-refractivity contribution in [2.75, 3.05) is 26.4 Å². The van der Waals surface area contributed by atoms with Gasteiger partial charge in [-0.15, -0.1) is 0 Å². The van der Waals surface area contributed by atoms with Gasteiger partial charge in [-0.05, 0) is 27.7 Å². The standard InChI is InChI=1S/4C2H6O.Na.Ti/c4*1-2-3;;/h4*3H,2H2,1H3;;. The Morgan fingerprint density at radius 3 is 0.571 bits per heavy atom. The summed E-state index contributed by atoms with van der Waals surface area (Å²) in [5.41, 5.74) is 0. The summed E-state index contributed by atoms with van der Waals surface area (Å²) in [5, 5.41) is 30.3. The molecule has 0 aliphatic carbocycles. The van der Waals surface area contributed by atoms with Crippen LogP contribution in [0.2, 0.25) is 0 Å². The molecule has 0 aliphatic rings. The average molecular weight is 255 g/mol. The molecule has 0 fully saturated rings. The third-order valence-corrected chi connectivity index (χ3v) is 0. The minimum atomic E-state index is 0. The normalized spacial score (nSPS) is 5.14. The summed E-state index contributed by atoms with van der Waals surface area (Å²) in [6, 6.07) is 0. The molecular formula is C8H24NaO4Ti. The van der Waals surface area contributed by atoms with Crippen LogP contribution in [0.1, 0.15) is 27.7 Å². The van der Waals surface area contributed by atoms with Crippen molar-refractivity contribution in [3.8, 4) is 0 Å². The fraction of sp³-hybridized carbons (Fsp3) is 1.00. The van der Waals surface area contributed by atoms with Crippen molar-refractivity contribution in [2.45, 2.75) is 27.7 Å². The maximum absolute atomic E-state index is 7.57. The van der Waals surface area contributed by atoms with E-state index in [1.165, 1.54) is 0 Å². The van der Waals surface area contributed by atoms with Crippen molar-refractivity contribution in [2.24, 2.45) is 0 Å². The first-order valence-corrected chi connectivity index (χ1v) is 4.09. The fourth-order valence-electron chi connectivity index (χ4n) is 0. The molecule has 0 amide bonds. The molecule has 0 aromatic rings. The van der Waals surface area contributed by atoms with Crippen molar-refractivity contribution in [3.05, 3.63) is 0 Å². The van der Waals surface area contributed by atoms with Gasteiger partial charge in [0, 0.05) is 77.7 Å². The zero-order valence-electron chi connectivity index (χ0n) is 10.1. The first-order chi connectivity index (χ1) is 5.66. The van der Waals surface area contributed by atoms with Crippen LogP contribution in [-0.4, -0.2) is 76.4 Å². The van der Waals surface area contributed by atoms with Gasteiger partial charge < -0.3 is 20.4 Å². The SMILES string of the molecule is CCO.CCO.CCO.CCO.[Na].[Ti]. The van der Waals surface area contributed by atoms with Crippen LogP contribution in [0.15, 0.2) is 0 Å². The molecule has 1 radical (unpaired) electrons. The second-order valence-corrected chi connectivity index (χ2v) is 1.26. The number of aliphatic hydroxyl groups is 4. The van der Waals surface area contributed by atoms with Crippen LogP contribution >= 0.6 is 0 Å². The Bertz CT molecular complexity index is 29.3. The van der Waals surface area contributed by atoms with E-state index in [4.69, 9.17) is 20.4 Å². The van der Waals surface area contributed by atoms with Gasteiger partial charge in [-0.2, -0.15) is 0 Å². The molecule has 0 saturated carbocycles. The third kappa shape index (κ3) is 884. The monoisotopic (exact) mass is 255 g/mol. The maximum atomic E-state index is 7.57. The largest absolute Gasteiger partial charge is 0.397 e. The van der Waals surface area contributed by atoms with Gasteiger partial charge in [0.05, 0.1) is 0 Å². The van der Waals surface area contributed by atoms with Crippen LogP contribution in [-0.2, 0) is 21.7 Å². The van der Waals surface area contributed by atoms with Gasteiger partial charge in [-0.3, -0.25) is 0 Å². The zero-order valence-corrected chi connectivity index (χ0v) is 13.7. The minimum absolute atomic E-state index is 0. The summed E-state index contributed by atoms with van der Waals surface area (Å²) in [5.74, 6) is 0. The molecular weight excluding hydrogens is 231 g/mol. The van der Waals surface area contributed by atoms with E-state index in [0.717, 1.165) is 0 Å². The van der Waals surface area contributed by atoms with Crippen LogP contribution in [0.3, 0.4) is 0 Å². The summed E-state index contributed by atoms with van der Waals surface area (Å²) >= 11 is 0. The van der Waals surface area contributed by atoms with Crippen molar-refractivity contribution in [3.63, 3.8) is 0 Å². The van der Waals surface area contributed by atoms with E-state index in [1.807, 2.05) is 0 Å². The first kappa shape index (κ1) is 36.1. The summed E-state index contributed by atoms with van der Waals surface area (Å²) in [6.07, 6.45) is 0. The Morgan fingerprint density at radius 1 is 0.571 bits per heavy atom. The van der Waals surface area contributed by atoms with Crippen molar-refractivity contribution in [1.82, 2.24) is 0 Å². The molecule has 0 aliphatic heterocycles. The number of hydrogen-bond acceptors (Lipinski definition) is 4. The Hall–Kier alpha value is 1.55. The van der Waals surface area contributed by atoms with Gasteiger partial charge in [0.15, 0.2) is 0 Å². The van der Waals surface area contributed by atoms with E-state index in [1.54, 1.807) is 27.7 Å². The smallest absolute Gasteiger partial charge is 0.0402 e. The molecule has 6 heteroatoms. The van der Waals surface area contributed by atoms with Crippen LogP contribution in [0.4, 0.5) is 0 Å². The van der Waals surface area contributed by atoms with E-state index >= 15 is 0 Å². The van der Waals surface area contributed by atoms with Crippen LogP contribution in [0.25, 0.3) is 0 Å². The van der Waals surface area contributed by atoms with E-state index in [9.17, 15) is 0 Å². The van der Waals surface area contributed by atoms with E-state index in [2.05, 4.69) is 0 Å². The predicted molar refractivity (Wildman–Crippen MR) is 56.8 cm³/mol. The summed E-state index contributed by atoms with van der Waals surface area (Å²) in [7, 11) is 0. The molecule has 0 heterocycles. The topological polar surface area (TPSA) is 80.9 Å². The van der Waals surface area contributed by atoms with E-state index < -0.39 is 0 Å². The third-order valence-electron chi connectivity index (χ3n) is 0. The Morgan fingerprint density at radius 2 is 0.571 bits per heavy atom. The molecule has 0 aromatic heterocycles. The number of rotatable bonds is 0. The van der Waals surface area contributed by atoms with E-state index in [-0.39, 0.29) is 77.7 Å². The fourth-order valence-corrected chi connectivity index (χ4v) is 0. The second kappa shape index (κ2) is 86.7. The quantitative estimate of drug-likeness (QED) is 0.444. The van der Waals surface area contributed by atoms with Gasteiger partial charge in [0.1, 0.15) is 0 Å². The molecule has 0 rings (SSSR count). The zero-order chi connectivity index (χ0) is 10.8. The molecule has 4 nitrogen and oxygen atoms in total. The van der Waals surface area contributed by atoms with Crippen molar-refractivity contribution in [1.29, 1.82) is 0 Å². The molecule has 0 aromatic carbocycles. The van der Waals surface area contributed by atoms with Gasteiger partial charge in [-0.25, -0.2) is 0 Å².